The van der Waals surface area contributed by atoms with Gasteiger partial charge in [-0.3, -0.25) is 0 Å². The summed E-state index contributed by atoms with van der Waals surface area (Å²) in [7, 11) is 0. The van der Waals surface area contributed by atoms with Crippen LogP contribution in [-0.2, 0) is 6.54 Å². The summed E-state index contributed by atoms with van der Waals surface area (Å²) in [6.45, 7) is 11.6. The van der Waals surface area contributed by atoms with Crippen LogP contribution in [0.1, 0.15) is 30.4 Å². The van der Waals surface area contributed by atoms with Crippen molar-refractivity contribution in [3.8, 4) is 0 Å². The van der Waals surface area contributed by atoms with Gasteiger partial charge >= 0.3 is 59.1 Å². The molecule has 33 heavy (non-hydrogen) atoms. The molecule has 3 rings (SSSR count). The van der Waals surface area contributed by atoms with Crippen LogP contribution in [0.5, 0.6) is 0 Å². The van der Waals surface area contributed by atoms with E-state index in [2.05, 4.69) is 40.8 Å². The Balaban J connectivity index is 0.000000870. The number of nitrogens with two attached hydrogens (primary N) is 1. The monoisotopic (exact) mass is 462 g/mol. The fourth-order valence-corrected chi connectivity index (χ4v) is 3.42. The molecule has 0 bridgehead atoms. The summed E-state index contributed by atoms with van der Waals surface area (Å²) in [6, 6.07) is 20.3. The van der Waals surface area contributed by atoms with Crippen LogP contribution in [0.25, 0.3) is 5.32 Å². The van der Waals surface area contributed by atoms with Crippen LogP contribution >= 0.6 is 0 Å². The summed E-state index contributed by atoms with van der Waals surface area (Å²) in [5.74, 6) is 0.165. The Morgan fingerprint density at radius 2 is 1.73 bits per heavy atom. The number of benzene rings is 2. The Hall–Kier alpha value is -1.51. The average Bonchev–Trinajstić information content (AvgIpc) is 3.30. The number of hydrogen-bond donors (Lipinski definition) is 4. The number of nitrogens with one attached hydrogen (secondary N) is 3. The van der Waals surface area contributed by atoms with Crippen LogP contribution in [0.3, 0.4) is 0 Å². The van der Waals surface area contributed by atoms with E-state index in [1.165, 1.54) is 5.56 Å². The van der Waals surface area contributed by atoms with Crippen molar-refractivity contribution >= 4 is 12.2 Å². The van der Waals surface area contributed by atoms with Gasteiger partial charge in [-0.15, -0.1) is 18.7 Å². The van der Waals surface area contributed by atoms with Gasteiger partial charge in [-0.1, -0.05) is 49.6 Å². The second-order valence-electron chi connectivity index (χ2n) is 7.24. The van der Waals surface area contributed by atoms with E-state index in [-0.39, 0.29) is 71.0 Å². The number of rotatable bonds is 9. The van der Waals surface area contributed by atoms with Crippen LogP contribution in [0.2, 0.25) is 0 Å². The molecule has 8 heteroatoms. The molecule has 2 aromatic rings. The fraction of sp³-hybridized carbons (Fsp3) is 0.240. The van der Waals surface area contributed by atoms with Crippen molar-refractivity contribution in [2.24, 2.45) is 5.73 Å². The molecule has 1 aliphatic heterocycles. The van der Waals surface area contributed by atoms with E-state index in [9.17, 15) is 0 Å². The van der Waals surface area contributed by atoms with Gasteiger partial charge in [0.25, 0.3) is 0 Å². The third kappa shape index (κ3) is 11.5. The summed E-state index contributed by atoms with van der Waals surface area (Å²) in [5, 5.41) is 21.7. The molecular weight excluding hydrogens is 430 g/mol. The molecule has 6 nitrogen and oxygen atoms in total. The second-order valence-corrected chi connectivity index (χ2v) is 7.24. The second kappa shape index (κ2) is 17.9. The molecule has 0 spiro atoms. The van der Waals surface area contributed by atoms with E-state index >= 15 is 0 Å². The van der Waals surface area contributed by atoms with Crippen molar-refractivity contribution in [3.05, 3.63) is 108 Å². The largest absolute Gasteiger partial charge is 1.00 e. The molecule has 1 atom stereocenters. The van der Waals surface area contributed by atoms with Crippen LogP contribution in [-0.4, -0.2) is 29.7 Å². The molecule has 5 N–H and O–H groups in total. The first-order chi connectivity index (χ1) is 15.0. The smallest absolute Gasteiger partial charge is 0.419 e. The van der Waals surface area contributed by atoms with Crippen molar-refractivity contribution in [3.63, 3.8) is 0 Å². The molecular formula is C25H32N6Na2. The summed E-state index contributed by atoms with van der Waals surface area (Å²) >= 11 is 0. The maximum absolute atomic E-state index is 7.71. The van der Waals surface area contributed by atoms with Crippen LogP contribution in [0.4, 0.5) is 0 Å². The first-order valence-corrected chi connectivity index (χ1v) is 10.3. The fourth-order valence-electron chi connectivity index (χ4n) is 3.42. The minimum atomic E-state index is 0. The molecule has 0 aliphatic carbocycles. The minimum Gasteiger partial charge on any atom is -0.419 e. The van der Waals surface area contributed by atoms with Gasteiger partial charge in [0.2, 0.25) is 0 Å². The summed E-state index contributed by atoms with van der Waals surface area (Å²) in [4.78, 5) is 2.20. The number of likely N-dealkylation sites (tertiary alicyclic amines) is 1. The van der Waals surface area contributed by atoms with Gasteiger partial charge in [0.15, 0.2) is 0 Å². The van der Waals surface area contributed by atoms with Crippen molar-refractivity contribution in [1.29, 1.82) is 10.8 Å². The Labute approximate surface area is 242 Å². The number of hydrogen-bond acceptors (Lipinski definition) is 5. The predicted molar refractivity (Wildman–Crippen MR) is 130 cm³/mol. The summed E-state index contributed by atoms with van der Waals surface area (Å²) < 4.78 is 0. The van der Waals surface area contributed by atoms with Crippen molar-refractivity contribution in [2.75, 3.05) is 6.54 Å². The molecule has 0 radical (unpaired) electrons. The zero-order valence-electron chi connectivity index (χ0n) is 19.9. The SMILES string of the molecule is C=C(NCc1ccccc1)C1CCCN1C(=C)CC(=N)[N-]C=N.N[CH-]c1ccccc1.[Na+].[Na+]. The van der Waals surface area contributed by atoms with E-state index in [0.29, 0.717) is 6.42 Å². The van der Waals surface area contributed by atoms with Crippen molar-refractivity contribution in [2.45, 2.75) is 31.8 Å². The van der Waals surface area contributed by atoms with Gasteiger partial charge in [0.1, 0.15) is 0 Å². The third-order valence-corrected chi connectivity index (χ3v) is 5.01. The molecule has 0 aromatic heterocycles. The molecule has 1 aliphatic rings. The topological polar surface area (TPSA) is 103 Å². The van der Waals surface area contributed by atoms with Crippen molar-refractivity contribution in [1.82, 2.24) is 10.2 Å². The van der Waals surface area contributed by atoms with Crippen LogP contribution in [0.15, 0.2) is 85.2 Å². The van der Waals surface area contributed by atoms with Gasteiger partial charge in [-0.2, -0.15) is 17.7 Å². The number of nitrogens with zero attached hydrogens (tertiary/aromatic N) is 2. The van der Waals surface area contributed by atoms with Crippen molar-refractivity contribution < 1.29 is 59.1 Å². The molecule has 0 saturated carbocycles. The normalized spacial score (nSPS) is 13.7. The summed E-state index contributed by atoms with van der Waals surface area (Å²) in [6.07, 6.45) is 3.40. The van der Waals surface area contributed by atoms with Gasteiger partial charge in [-0.25, -0.2) is 0 Å². The van der Waals surface area contributed by atoms with Gasteiger partial charge in [-0.05, 0) is 30.6 Å². The van der Waals surface area contributed by atoms with E-state index in [4.69, 9.17) is 16.6 Å². The average molecular weight is 463 g/mol. The standard InChI is InChI=1S/C18H24N5.C7H8N.2Na/c1-14(11-18(20)22-13-19)23-10-6-9-17(23)15(2)21-12-16-7-4-3-5-8-16;8-6-7-4-2-1-3-5-7;;/h3-5,7-8,13,17,21H,1-2,6,9-12H2,(H2-,19,20,22);1-6H,8H2;;/q2*-1;2*+1. The maximum atomic E-state index is 7.71. The Morgan fingerprint density at radius 1 is 1.12 bits per heavy atom. The molecule has 0 amide bonds. The molecule has 164 valence electrons. The van der Waals surface area contributed by atoms with E-state index in [1.54, 1.807) is 6.54 Å². The molecule has 1 saturated heterocycles. The first-order valence-electron chi connectivity index (χ1n) is 10.3. The van der Waals surface area contributed by atoms with Gasteiger partial charge < -0.3 is 32.1 Å². The first kappa shape index (κ1) is 31.5. The Morgan fingerprint density at radius 3 is 2.27 bits per heavy atom. The van der Waals surface area contributed by atoms with Gasteiger partial charge in [0, 0.05) is 30.9 Å². The number of amidine groups is 1. The predicted octanol–water partition coefficient (Wildman–Crippen LogP) is -1.22. The van der Waals surface area contributed by atoms with Crippen LogP contribution < -0.4 is 70.2 Å². The summed E-state index contributed by atoms with van der Waals surface area (Å²) in [5.41, 5.74) is 9.37. The minimum absolute atomic E-state index is 0. The van der Waals surface area contributed by atoms with Crippen LogP contribution in [0, 0.1) is 17.4 Å². The Kier molecular flexibility index (Phi) is 17.1. The van der Waals surface area contributed by atoms with E-state index in [0.717, 1.165) is 49.2 Å². The van der Waals surface area contributed by atoms with E-state index in [1.807, 2.05) is 48.5 Å². The Bertz CT molecular complexity index is 858. The molecule has 2 aromatic carbocycles. The quantitative estimate of drug-likeness (QED) is 0.163. The third-order valence-electron chi connectivity index (χ3n) is 5.01. The molecule has 1 fully saturated rings. The zero-order chi connectivity index (χ0) is 22.5. The molecule has 1 heterocycles. The zero-order valence-corrected chi connectivity index (χ0v) is 23.9. The maximum Gasteiger partial charge on any atom is 1.00 e. The molecule has 1 unspecified atom stereocenters. The van der Waals surface area contributed by atoms with Gasteiger partial charge in [0.05, 0.1) is 6.04 Å². The van der Waals surface area contributed by atoms with E-state index < -0.39 is 0 Å².